The van der Waals surface area contributed by atoms with Gasteiger partial charge in [0, 0.05) is 13.2 Å². The maximum atomic E-state index is 13.5. The van der Waals surface area contributed by atoms with E-state index in [4.69, 9.17) is 5.11 Å². The highest BCUT2D eigenvalue weighted by atomic mass is 19.4. The van der Waals surface area contributed by atoms with Crippen molar-refractivity contribution in [2.45, 2.75) is 12.6 Å². The molecular formula is C11H11F4NO2. The number of carbonyl (C=O) groups is 1. The van der Waals surface area contributed by atoms with Crippen LogP contribution >= 0.6 is 0 Å². The Bertz CT molecular complexity index is 432. The number of benzene rings is 1. The van der Waals surface area contributed by atoms with Crippen LogP contribution in [0.15, 0.2) is 18.2 Å². The van der Waals surface area contributed by atoms with Crippen LogP contribution in [0.2, 0.25) is 0 Å². The van der Waals surface area contributed by atoms with E-state index >= 15 is 0 Å². The topological polar surface area (TPSA) is 49.3 Å². The van der Waals surface area contributed by atoms with E-state index in [1.165, 1.54) is 0 Å². The van der Waals surface area contributed by atoms with Gasteiger partial charge in [-0.3, -0.25) is 4.79 Å². The van der Waals surface area contributed by atoms with Gasteiger partial charge in [0.15, 0.2) is 0 Å². The third-order valence-corrected chi connectivity index (χ3v) is 2.17. The Morgan fingerprint density at radius 3 is 2.56 bits per heavy atom. The molecule has 1 aromatic rings. The summed E-state index contributed by atoms with van der Waals surface area (Å²) in [5.74, 6) is -2.53. The Morgan fingerprint density at radius 2 is 2.00 bits per heavy atom. The van der Waals surface area contributed by atoms with Gasteiger partial charge in [-0.2, -0.15) is 13.2 Å². The lowest BCUT2D eigenvalue weighted by Crippen LogP contribution is -2.26. The Labute approximate surface area is 100 Å². The fourth-order valence-corrected chi connectivity index (χ4v) is 1.30. The van der Waals surface area contributed by atoms with Gasteiger partial charge in [-0.15, -0.1) is 0 Å². The van der Waals surface area contributed by atoms with Crippen molar-refractivity contribution >= 4 is 5.91 Å². The van der Waals surface area contributed by atoms with E-state index in [-0.39, 0.29) is 19.6 Å². The molecule has 0 saturated carbocycles. The highest BCUT2D eigenvalue weighted by Crippen LogP contribution is 2.32. The van der Waals surface area contributed by atoms with Crippen LogP contribution in [0.5, 0.6) is 0 Å². The molecule has 0 bridgehead atoms. The van der Waals surface area contributed by atoms with Crippen LogP contribution in [0, 0.1) is 5.82 Å². The van der Waals surface area contributed by atoms with Crippen molar-refractivity contribution < 1.29 is 27.5 Å². The zero-order chi connectivity index (χ0) is 13.8. The number of alkyl halides is 3. The zero-order valence-electron chi connectivity index (χ0n) is 9.22. The molecule has 0 atom stereocenters. The van der Waals surface area contributed by atoms with Crippen LogP contribution in [-0.2, 0) is 6.18 Å². The summed E-state index contributed by atoms with van der Waals surface area (Å²) in [6.07, 6.45) is -4.60. The molecule has 1 amide bonds. The van der Waals surface area contributed by atoms with Gasteiger partial charge >= 0.3 is 6.18 Å². The minimum atomic E-state index is -4.84. The van der Waals surface area contributed by atoms with Gasteiger partial charge in [0.2, 0.25) is 0 Å². The number of nitrogens with one attached hydrogen (secondary N) is 1. The first-order chi connectivity index (χ1) is 8.38. The SMILES string of the molecule is O=C(NCCCO)c1cccc(C(F)(F)F)c1F. The molecule has 1 aromatic carbocycles. The zero-order valence-corrected chi connectivity index (χ0v) is 9.22. The lowest BCUT2D eigenvalue weighted by molar-refractivity contribution is -0.140. The first kappa shape index (κ1) is 14.4. The molecule has 0 fully saturated rings. The molecule has 0 aliphatic heterocycles. The average Bonchev–Trinajstić information content (AvgIpc) is 2.28. The van der Waals surface area contributed by atoms with Crippen LogP contribution in [0.25, 0.3) is 0 Å². The standard InChI is InChI=1S/C11H11F4NO2/c12-9-7(10(18)16-5-2-6-17)3-1-4-8(9)11(13,14)15/h1,3-4,17H,2,5-6H2,(H,16,18). The van der Waals surface area contributed by atoms with E-state index in [1.807, 2.05) is 0 Å². The van der Waals surface area contributed by atoms with Crippen LogP contribution in [-0.4, -0.2) is 24.2 Å². The molecule has 7 heteroatoms. The molecule has 0 saturated heterocycles. The summed E-state index contributed by atoms with van der Waals surface area (Å²) in [6, 6.07) is 2.51. The van der Waals surface area contributed by atoms with E-state index < -0.39 is 29.0 Å². The molecule has 1 rings (SSSR count). The summed E-state index contributed by atoms with van der Waals surface area (Å²) in [7, 11) is 0. The molecule has 3 nitrogen and oxygen atoms in total. The Morgan fingerprint density at radius 1 is 1.33 bits per heavy atom. The summed E-state index contributed by atoms with van der Waals surface area (Å²) in [6.45, 7) is -0.115. The fourth-order valence-electron chi connectivity index (χ4n) is 1.30. The molecule has 0 radical (unpaired) electrons. The molecule has 2 N–H and O–H groups in total. The monoisotopic (exact) mass is 265 g/mol. The van der Waals surface area contributed by atoms with E-state index in [9.17, 15) is 22.4 Å². The summed E-state index contributed by atoms with van der Waals surface area (Å²) in [5.41, 5.74) is -2.14. The quantitative estimate of drug-likeness (QED) is 0.646. The number of hydrogen-bond acceptors (Lipinski definition) is 2. The number of amides is 1. The second-order valence-electron chi connectivity index (χ2n) is 3.50. The fraction of sp³-hybridized carbons (Fsp3) is 0.364. The predicted octanol–water partition coefficient (Wildman–Crippen LogP) is 1.96. The number of rotatable bonds is 4. The third kappa shape index (κ3) is 3.43. The second kappa shape index (κ2) is 5.81. The summed E-state index contributed by atoms with van der Waals surface area (Å²) < 4.78 is 50.7. The molecule has 100 valence electrons. The van der Waals surface area contributed by atoms with Crippen LogP contribution < -0.4 is 5.32 Å². The molecular weight excluding hydrogens is 254 g/mol. The van der Waals surface area contributed by atoms with Gasteiger partial charge in [-0.05, 0) is 18.6 Å². The first-order valence-corrected chi connectivity index (χ1v) is 5.12. The van der Waals surface area contributed by atoms with Crippen molar-refractivity contribution in [1.82, 2.24) is 5.32 Å². The van der Waals surface area contributed by atoms with Gasteiger partial charge in [-0.1, -0.05) is 6.07 Å². The maximum Gasteiger partial charge on any atom is 0.419 e. The largest absolute Gasteiger partial charge is 0.419 e. The van der Waals surface area contributed by atoms with Gasteiger partial charge in [0.05, 0.1) is 11.1 Å². The smallest absolute Gasteiger partial charge is 0.396 e. The van der Waals surface area contributed by atoms with Crippen molar-refractivity contribution in [2.24, 2.45) is 0 Å². The minimum absolute atomic E-state index is 0.0605. The highest BCUT2D eigenvalue weighted by Gasteiger charge is 2.35. The van der Waals surface area contributed by atoms with Gasteiger partial charge in [0.25, 0.3) is 5.91 Å². The van der Waals surface area contributed by atoms with Crippen molar-refractivity contribution in [3.05, 3.63) is 35.1 Å². The van der Waals surface area contributed by atoms with Crippen molar-refractivity contribution in [3.8, 4) is 0 Å². The van der Waals surface area contributed by atoms with E-state index in [2.05, 4.69) is 5.32 Å². The van der Waals surface area contributed by atoms with Crippen LogP contribution in [0.3, 0.4) is 0 Å². The Balaban J connectivity index is 2.93. The lowest BCUT2D eigenvalue weighted by atomic mass is 10.1. The molecule has 18 heavy (non-hydrogen) atoms. The summed E-state index contributed by atoms with van der Waals surface area (Å²) in [5, 5.41) is 10.7. The molecule has 0 heterocycles. The Kier molecular flexibility index (Phi) is 4.66. The molecule has 0 aliphatic rings. The minimum Gasteiger partial charge on any atom is -0.396 e. The van der Waals surface area contributed by atoms with Gasteiger partial charge in [-0.25, -0.2) is 4.39 Å². The first-order valence-electron chi connectivity index (χ1n) is 5.12. The number of hydrogen-bond donors (Lipinski definition) is 2. The number of halogens is 4. The third-order valence-electron chi connectivity index (χ3n) is 2.17. The Hall–Kier alpha value is -1.63. The summed E-state index contributed by atoms with van der Waals surface area (Å²) in [4.78, 5) is 11.4. The normalized spacial score (nSPS) is 11.4. The van der Waals surface area contributed by atoms with Gasteiger partial charge < -0.3 is 10.4 Å². The van der Waals surface area contributed by atoms with E-state index in [1.54, 1.807) is 0 Å². The van der Waals surface area contributed by atoms with Crippen LogP contribution in [0.1, 0.15) is 22.3 Å². The van der Waals surface area contributed by atoms with Crippen molar-refractivity contribution in [1.29, 1.82) is 0 Å². The van der Waals surface area contributed by atoms with Gasteiger partial charge in [0.1, 0.15) is 5.82 Å². The number of aliphatic hydroxyl groups excluding tert-OH is 1. The second-order valence-corrected chi connectivity index (χ2v) is 3.50. The number of aliphatic hydroxyl groups is 1. The lowest BCUT2D eigenvalue weighted by Gasteiger charge is -2.11. The van der Waals surface area contributed by atoms with Crippen molar-refractivity contribution in [3.63, 3.8) is 0 Å². The molecule has 0 aromatic heterocycles. The maximum absolute atomic E-state index is 13.5. The van der Waals surface area contributed by atoms with Crippen LogP contribution in [0.4, 0.5) is 17.6 Å². The molecule has 0 spiro atoms. The molecule has 0 unspecified atom stereocenters. The number of carbonyl (C=O) groups excluding carboxylic acids is 1. The average molecular weight is 265 g/mol. The van der Waals surface area contributed by atoms with E-state index in [0.29, 0.717) is 6.07 Å². The summed E-state index contributed by atoms with van der Waals surface area (Å²) >= 11 is 0. The predicted molar refractivity (Wildman–Crippen MR) is 55.4 cm³/mol. The molecule has 0 aliphatic carbocycles. The van der Waals surface area contributed by atoms with E-state index in [0.717, 1.165) is 12.1 Å². The highest BCUT2D eigenvalue weighted by molar-refractivity contribution is 5.94. The van der Waals surface area contributed by atoms with Crippen molar-refractivity contribution in [2.75, 3.05) is 13.2 Å².